The Morgan fingerprint density at radius 3 is 2.65 bits per heavy atom. The maximum Gasteiger partial charge on any atom is 0.282 e. The van der Waals surface area contributed by atoms with Crippen molar-refractivity contribution in [3.8, 4) is 5.75 Å². The van der Waals surface area contributed by atoms with E-state index in [-0.39, 0.29) is 30.4 Å². The van der Waals surface area contributed by atoms with Crippen LogP contribution in [-0.4, -0.2) is 62.2 Å². The number of ether oxygens (including phenoxy) is 2. The number of aliphatic hydroxyl groups excluding tert-OH is 1. The number of sulfonamides is 1. The fourth-order valence-electron chi connectivity index (χ4n) is 3.81. The van der Waals surface area contributed by atoms with E-state index in [1.165, 1.54) is 18.2 Å². The highest BCUT2D eigenvalue weighted by molar-refractivity contribution is 7.90. The van der Waals surface area contributed by atoms with Crippen molar-refractivity contribution in [1.29, 1.82) is 0 Å². The zero-order valence-corrected chi connectivity index (χ0v) is 17.9. The first-order chi connectivity index (χ1) is 14.9. The minimum Gasteiger partial charge on any atom is -0.494 e. The molecule has 0 bridgehead atoms. The van der Waals surface area contributed by atoms with Gasteiger partial charge in [0.05, 0.1) is 36.1 Å². The van der Waals surface area contributed by atoms with E-state index < -0.39 is 15.8 Å². The molecular weight excluding hydrogens is 420 g/mol. The van der Waals surface area contributed by atoms with Gasteiger partial charge in [-0.2, -0.15) is 12.8 Å². The van der Waals surface area contributed by atoms with Crippen LogP contribution < -0.4 is 4.74 Å². The van der Waals surface area contributed by atoms with Crippen LogP contribution in [0, 0.1) is 0 Å². The average Bonchev–Trinajstić information content (AvgIpc) is 2.76. The Hall–Kier alpha value is -2.72. The summed E-state index contributed by atoms with van der Waals surface area (Å²) in [6.45, 7) is 3.20. The average molecular weight is 445 g/mol. The zero-order chi connectivity index (χ0) is 22.1. The molecule has 0 aromatic heterocycles. The van der Waals surface area contributed by atoms with Gasteiger partial charge in [-0.25, -0.2) is 0 Å². The summed E-state index contributed by atoms with van der Waals surface area (Å²) in [4.78, 5) is 1.81. The first kappa shape index (κ1) is 21.5. The summed E-state index contributed by atoms with van der Waals surface area (Å²) in [6, 6.07) is 12.9. The summed E-state index contributed by atoms with van der Waals surface area (Å²) in [6.07, 6.45) is 1.52. The topological polar surface area (TPSA) is 109 Å². The van der Waals surface area contributed by atoms with Gasteiger partial charge < -0.3 is 24.6 Å². The summed E-state index contributed by atoms with van der Waals surface area (Å²) in [5, 5.41) is 20.7. The van der Waals surface area contributed by atoms with E-state index in [1.54, 1.807) is 41.3 Å². The highest BCUT2D eigenvalue weighted by atomic mass is 32.2. The molecule has 0 amide bonds. The van der Waals surface area contributed by atoms with Gasteiger partial charge in [0.15, 0.2) is 0 Å². The third kappa shape index (κ3) is 3.97. The molecule has 1 atom stereocenters. The molecule has 1 aliphatic heterocycles. The van der Waals surface area contributed by atoms with Crippen LogP contribution in [0.2, 0.25) is 0 Å². The second kappa shape index (κ2) is 8.43. The maximum absolute atomic E-state index is 13.0. The monoisotopic (exact) mass is 444 g/mol. The molecule has 2 aromatic rings. The number of nitrogens with zero attached hydrogens (tertiary/aromatic N) is 2. The minimum atomic E-state index is -4.02. The number of benzene rings is 2. The third-order valence-corrected chi connectivity index (χ3v) is 6.53. The number of hydrogen-bond acceptors (Lipinski definition) is 7. The highest BCUT2D eigenvalue weighted by Crippen LogP contribution is 2.41. The Bertz CT molecular complexity index is 1120. The minimum absolute atomic E-state index is 0.0345. The Morgan fingerprint density at radius 1 is 1.19 bits per heavy atom. The Morgan fingerprint density at radius 2 is 1.94 bits per heavy atom. The molecule has 1 saturated heterocycles. The zero-order valence-electron chi connectivity index (χ0n) is 17.1. The number of fused-ring (bicyclic) bond motifs is 3. The quantitative estimate of drug-likeness (QED) is 0.697. The number of aliphatic hydroxyl groups is 2. The van der Waals surface area contributed by atoms with E-state index >= 15 is 0 Å². The van der Waals surface area contributed by atoms with Crippen molar-refractivity contribution in [2.24, 2.45) is 4.40 Å². The van der Waals surface area contributed by atoms with E-state index in [4.69, 9.17) is 9.47 Å². The normalized spacial score (nSPS) is 22.0. The molecule has 164 valence electrons. The van der Waals surface area contributed by atoms with Crippen molar-refractivity contribution in [3.63, 3.8) is 0 Å². The molecule has 1 fully saturated rings. The summed E-state index contributed by atoms with van der Waals surface area (Å²) in [7, 11) is -4.02. The van der Waals surface area contributed by atoms with Crippen molar-refractivity contribution >= 4 is 15.7 Å². The second-order valence-electron chi connectivity index (χ2n) is 7.13. The van der Waals surface area contributed by atoms with Gasteiger partial charge in [0.25, 0.3) is 10.0 Å². The lowest BCUT2D eigenvalue weighted by atomic mass is 9.86. The van der Waals surface area contributed by atoms with E-state index in [9.17, 15) is 18.6 Å². The lowest BCUT2D eigenvalue weighted by molar-refractivity contribution is -0.219. The molecule has 31 heavy (non-hydrogen) atoms. The summed E-state index contributed by atoms with van der Waals surface area (Å²) in [5.41, 5.74) is 1.43. The van der Waals surface area contributed by atoms with Gasteiger partial charge in [-0.05, 0) is 37.3 Å². The fraction of sp³-hybridized carbons (Fsp3) is 0.318. The van der Waals surface area contributed by atoms with Crippen molar-refractivity contribution in [3.05, 3.63) is 71.4 Å². The van der Waals surface area contributed by atoms with Crippen LogP contribution >= 0.6 is 0 Å². The third-order valence-electron chi connectivity index (χ3n) is 5.22. The van der Waals surface area contributed by atoms with Gasteiger partial charge in [-0.15, -0.1) is 0 Å². The summed E-state index contributed by atoms with van der Waals surface area (Å²) >= 11 is 0. The SMILES string of the molecule is CCOc1ccc(S(=O)(=O)/N=C2\C=C3N(CCO)CCOC3(O)c3ccccc32)cc1. The van der Waals surface area contributed by atoms with E-state index in [0.29, 0.717) is 35.7 Å². The van der Waals surface area contributed by atoms with Crippen LogP contribution in [0.5, 0.6) is 5.75 Å². The van der Waals surface area contributed by atoms with Crippen LogP contribution in [0.3, 0.4) is 0 Å². The van der Waals surface area contributed by atoms with Crippen molar-refractivity contribution < 1.29 is 28.1 Å². The molecule has 0 saturated carbocycles. The fourth-order valence-corrected chi connectivity index (χ4v) is 4.81. The number of hydrogen-bond donors (Lipinski definition) is 2. The molecule has 2 aromatic carbocycles. The Balaban J connectivity index is 1.82. The molecule has 4 rings (SSSR count). The van der Waals surface area contributed by atoms with E-state index in [2.05, 4.69) is 4.40 Å². The highest BCUT2D eigenvalue weighted by Gasteiger charge is 2.46. The van der Waals surface area contributed by atoms with Gasteiger partial charge >= 0.3 is 0 Å². The van der Waals surface area contributed by atoms with Crippen LogP contribution in [0.25, 0.3) is 0 Å². The predicted molar refractivity (Wildman–Crippen MR) is 114 cm³/mol. The van der Waals surface area contributed by atoms with Gasteiger partial charge in [0.2, 0.25) is 5.79 Å². The molecule has 0 radical (unpaired) electrons. The van der Waals surface area contributed by atoms with Crippen LogP contribution in [0.4, 0.5) is 0 Å². The molecule has 1 unspecified atom stereocenters. The van der Waals surface area contributed by atoms with Crippen LogP contribution in [0.1, 0.15) is 18.1 Å². The first-order valence-electron chi connectivity index (χ1n) is 10.0. The van der Waals surface area contributed by atoms with Gasteiger partial charge in [0, 0.05) is 24.2 Å². The Labute approximate surface area is 181 Å². The van der Waals surface area contributed by atoms with Crippen molar-refractivity contribution in [1.82, 2.24) is 4.90 Å². The van der Waals surface area contributed by atoms with E-state index in [1.807, 2.05) is 6.92 Å². The molecular formula is C22H24N2O6S. The maximum atomic E-state index is 13.0. The molecule has 0 spiro atoms. The van der Waals surface area contributed by atoms with Crippen LogP contribution in [-0.2, 0) is 20.5 Å². The molecule has 9 heteroatoms. The number of β-amino-alcohol motifs (C(OH)–C–C–N with tert-alkyl or cyclic N) is 1. The number of rotatable bonds is 6. The predicted octanol–water partition coefficient (Wildman–Crippen LogP) is 1.63. The standard InChI is InChI=1S/C22H24N2O6S/c1-2-29-16-7-9-17(10-8-16)31(27,28)23-20-15-21-22(26,19-6-4-3-5-18(19)20)30-14-12-24(21)11-13-25/h3-10,15,25-26H,2,11-14H2,1H3/b23-20+. The largest absolute Gasteiger partial charge is 0.494 e. The number of allylic oxidation sites excluding steroid dienone is 1. The van der Waals surface area contributed by atoms with E-state index in [0.717, 1.165) is 0 Å². The van der Waals surface area contributed by atoms with Gasteiger partial charge in [-0.3, -0.25) is 0 Å². The first-order valence-corrected chi connectivity index (χ1v) is 11.4. The second-order valence-corrected chi connectivity index (χ2v) is 8.74. The number of morpholine rings is 1. The van der Waals surface area contributed by atoms with Crippen molar-refractivity contribution in [2.45, 2.75) is 17.6 Å². The van der Waals surface area contributed by atoms with Crippen LogP contribution in [0.15, 0.2) is 69.6 Å². The molecule has 2 aliphatic rings. The lowest BCUT2D eigenvalue weighted by Crippen LogP contribution is -2.50. The Kier molecular flexibility index (Phi) is 5.85. The van der Waals surface area contributed by atoms with Crippen molar-refractivity contribution in [2.75, 3.05) is 32.9 Å². The van der Waals surface area contributed by atoms with Gasteiger partial charge in [0.1, 0.15) is 5.75 Å². The molecule has 1 heterocycles. The molecule has 2 N–H and O–H groups in total. The lowest BCUT2D eigenvalue weighted by Gasteiger charge is -2.45. The van der Waals surface area contributed by atoms with Gasteiger partial charge in [-0.1, -0.05) is 24.3 Å². The summed E-state index contributed by atoms with van der Waals surface area (Å²) in [5.74, 6) is -1.16. The smallest absolute Gasteiger partial charge is 0.282 e. The summed E-state index contributed by atoms with van der Waals surface area (Å²) < 4.78 is 41.2. The molecule has 1 aliphatic carbocycles. The molecule has 8 nitrogen and oxygen atoms in total.